The predicted molar refractivity (Wildman–Crippen MR) is 86.3 cm³/mol. The molecular formula is C19H17NO. The molecule has 0 radical (unpaired) electrons. The van der Waals surface area contributed by atoms with Crippen LogP contribution in [0.25, 0.3) is 10.8 Å². The number of nitrogen functional groups attached to an aromatic ring is 1. The van der Waals surface area contributed by atoms with Crippen molar-refractivity contribution in [2.75, 3.05) is 5.73 Å². The Bertz CT molecular complexity index is 828. The van der Waals surface area contributed by atoms with Crippen LogP contribution in [0, 0.1) is 0 Å². The number of aliphatic hydroxyl groups excluding tert-OH is 1. The maximum Gasteiger partial charge on any atom is 0.105 e. The van der Waals surface area contributed by atoms with Crippen LogP contribution in [0.15, 0.2) is 54.6 Å². The second kappa shape index (κ2) is 4.61. The van der Waals surface area contributed by atoms with Crippen molar-refractivity contribution < 1.29 is 5.11 Å². The summed E-state index contributed by atoms with van der Waals surface area (Å²) in [4.78, 5) is 0. The quantitative estimate of drug-likeness (QED) is 0.702. The highest BCUT2D eigenvalue weighted by molar-refractivity contribution is 5.93. The van der Waals surface area contributed by atoms with Crippen LogP contribution in [0.1, 0.15) is 28.4 Å². The van der Waals surface area contributed by atoms with Crippen molar-refractivity contribution >= 4 is 16.5 Å². The lowest BCUT2D eigenvalue weighted by atomic mass is 9.93. The maximum atomic E-state index is 10.8. The van der Waals surface area contributed by atoms with E-state index in [4.69, 9.17) is 5.73 Å². The van der Waals surface area contributed by atoms with Gasteiger partial charge in [0.15, 0.2) is 0 Å². The fraction of sp³-hybridized carbons (Fsp3) is 0.158. The number of aliphatic hydroxyl groups is 1. The van der Waals surface area contributed by atoms with Gasteiger partial charge in [-0.1, -0.05) is 42.5 Å². The molecule has 2 nitrogen and oxygen atoms in total. The second-order valence-electron chi connectivity index (χ2n) is 5.73. The number of hydrogen-bond donors (Lipinski definition) is 2. The van der Waals surface area contributed by atoms with Gasteiger partial charge in [-0.3, -0.25) is 0 Å². The van der Waals surface area contributed by atoms with Crippen LogP contribution in [0.2, 0.25) is 0 Å². The van der Waals surface area contributed by atoms with Crippen LogP contribution in [-0.4, -0.2) is 5.11 Å². The van der Waals surface area contributed by atoms with E-state index in [2.05, 4.69) is 30.3 Å². The molecule has 0 aliphatic heterocycles. The summed E-state index contributed by atoms with van der Waals surface area (Å²) in [6.07, 6.45) is 1.56. The summed E-state index contributed by atoms with van der Waals surface area (Å²) < 4.78 is 0. The highest BCUT2D eigenvalue weighted by atomic mass is 16.3. The van der Waals surface area contributed by atoms with Gasteiger partial charge in [-0.25, -0.2) is 0 Å². The SMILES string of the molecule is Nc1cccc([C@H](O)c2ccc3c4c(cccc24)CC3)c1. The van der Waals surface area contributed by atoms with Crippen molar-refractivity contribution in [2.24, 2.45) is 0 Å². The Kier molecular flexibility index (Phi) is 2.72. The van der Waals surface area contributed by atoms with E-state index in [1.54, 1.807) is 0 Å². The standard InChI is InChI=1S/C19H17NO/c20-15-5-1-4-14(11-15)19(21)17-10-9-13-8-7-12-3-2-6-16(17)18(12)13/h1-6,9-11,19,21H,7-8,20H2/t19-/m0/s1. The fourth-order valence-corrected chi connectivity index (χ4v) is 3.42. The van der Waals surface area contributed by atoms with E-state index in [9.17, 15) is 5.11 Å². The van der Waals surface area contributed by atoms with Gasteiger partial charge >= 0.3 is 0 Å². The lowest BCUT2D eigenvalue weighted by molar-refractivity contribution is 0.222. The average Bonchev–Trinajstić information content (AvgIpc) is 2.92. The minimum atomic E-state index is -0.640. The number of nitrogens with two attached hydrogens (primary N) is 1. The maximum absolute atomic E-state index is 10.8. The predicted octanol–water partition coefficient (Wildman–Crippen LogP) is 3.60. The molecule has 0 saturated heterocycles. The summed E-state index contributed by atoms with van der Waals surface area (Å²) in [7, 11) is 0. The zero-order chi connectivity index (χ0) is 14.4. The summed E-state index contributed by atoms with van der Waals surface area (Å²) in [5.74, 6) is 0. The van der Waals surface area contributed by atoms with Crippen LogP contribution in [-0.2, 0) is 12.8 Å². The smallest absolute Gasteiger partial charge is 0.105 e. The van der Waals surface area contributed by atoms with E-state index >= 15 is 0 Å². The van der Waals surface area contributed by atoms with Crippen molar-refractivity contribution in [1.82, 2.24) is 0 Å². The number of rotatable bonds is 2. The van der Waals surface area contributed by atoms with Crippen LogP contribution in [0.5, 0.6) is 0 Å². The molecule has 1 aliphatic rings. The zero-order valence-corrected chi connectivity index (χ0v) is 11.7. The Labute approximate surface area is 123 Å². The Hall–Kier alpha value is -2.32. The summed E-state index contributed by atoms with van der Waals surface area (Å²) in [5.41, 5.74) is 11.1. The first-order valence-corrected chi connectivity index (χ1v) is 7.31. The van der Waals surface area contributed by atoms with Crippen LogP contribution >= 0.6 is 0 Å². The van der Waals surface area contributed by atoms with Crippen molar-refractivity contribution in [3.05, 3.63) is 76.9 Å². The molecule has 0 amide bonds. The molecule has 0 heterocycles. The Morgan fingerprint density at radius 1 is 0.905 bits per heavy atom. The molecule has 1 atom stereocenters. The van der Waals surface area contributed by atoms with E-state index in [0.29, 0.717) is 5.69 Å². The lowest BCUT2D eigenvalue weighted by Crippen LogP contribution is -2.02. The molecule has 3 aromatic rings. The van der Waals surface area contributed by atoms with Gasteiger partial charge < -0.3 is 10.8 Å². The van der Waals surface area contributed by atoms with E-state index in [1.165, 1.54) is 16.5 Å². The summed E-state index contributed by atoms with van der Waals surface area (Å²) in [5, 5.41) is 13.3. The molecule has 2 heteroatoms. The third-order valence-electron chi connectivity index (χ3n) is 4.43. The van der Waals surface area contributed by atoms with Crippen LogP contribution < -0.4 is 5.73 Å². The minimum Gasteiger partial charge on any atom is -0.399 e. The van der Waals surface area contributed by atoms with E-state index in [-0.39, 0.29) is 0 Å². The first-order valence-electron chi connectivity index (χ1n) is 7.31. The zero-order valence-electron chi connectivity index (χ0n) is 11.7. The van der Waals surface area contributed by atoms with Gasteiger partial charge in [0, 0.05) is 5.69 Å². The number of anilines is 1. The van der Waals surface area contributed by atoms with Gasteiger partial charge in [-0.15, -0.1) is 0 Å². The molecular weight excluding hydrogens is 258 g/mol. The highest BCUT2D eigenvalue weighted by Gasteiger charge is 2.19. The van der Waals surface area contributed by atoms with E-state index < -0.39 is 6.10 Å². The van der Waals surface area contributed by atoms with Gasteiger partial charge in [-0.05, 0) is 58.0 Å². The second-order valence-corrected chi connectivity index (χ2v) is 5.73. The van der Waals surface area contributed by atoms with Gasteiger partial charge in [0.2, 0.25) is 0 Å². The molecule has 0 spiro atoms. The Morgan fingerprint density at radius 3 is 2.48 bits per heavy atom. The van der Waals surface area contributed by atoms with Gasteiger partial charge in [0.05, 0.1) is 0 Å². The number of benzene rings is 3. The molecule has 3 aromatic carbocycles. The third kappa shape index (κ3) is 1.91. The topological polar surface area (TPSA) is 46.2 Å². The lowest BCUT2D eigenvalue weighted by Gasteiger charge is -2.16. The van der Waals surface area contributed by atoms with Crippen molar-refractivity contribution in [3.63, 3.8) is 0 Å². The summed E-state index contributed by atoms with van der Waals surface area (Å²) in [6.45, 7) is 0. The number of aryl methyl sites for hydroxylation is 2. The first kappa shape index (κ1) is 12.4. The molecule has 4 rings (SSSR count). The molecule has 0 saturated carbocycles. The molecule has 0 fully saturated rings. The van der Waals surface area contributed by atoms with Gasteiger partial charge in [-0.2, -0.15) is 0 Å². The average molecular weight is 275 g/mol. The van der Waals surface area contributed by atoms with Crippen LogP contribution in [0.3, 0.4) is 0 Å². The molecule has 21 heavy (non-hydrogen) atoms. The third-order valence-corrected chi connectivity index (χ3v) is 4.43. The fourth-order valence-electron chi connectivity index (χ4n) is 3.42. The van der Waals surface area contributed by atoms with Gasteiger partial charge in [0.1, 0.15) is 6.10 Å². The molecule has 104 valence electrons. The molecule has 0 aromatic heterocycles. The molecule has 0 bridgehead atoms. The van der Waals surface area contributed by atoms with Gasteiger partial charge in [0.25, 0.3) is 0 Å². The monoisotopic (exact) mass is 275 g/mol. The number of hydrogen-bond acceptors (Lipinski definition) is 2. The van der Waals surface area contributed by atoms with Crippen molar-refractivity contribution in [1.29, 1.82) is 0 Å². The molecule has 3 N–H and O–H groups in total. The Morgan fingerprint density at radius 2 is 1.67 bits per heavy atom. The summed E-state index contributed by atoms with van der Waals surface area (Å²) in [6, 6.07) is 18.1. The molecule has 1 aliphatic carbocycles. The minimum absolute atomic E-state index is 0.640. The van der Waals surface area contributed by atoms with E-state index in [1.807, 2.05) is 24.3 Å². The summed E-state index contributed by atoms with van der Waals surface area (Å²) >= 11 is 0. The van der Waals surface area contributed by atoms with Crippen molar-refractivity contribution in [2.45, 2.75) is 18.9 Å². The van der Waals surface area contributed by atoms with Crippen LogP contribution in [0.4, 0.5) is 5.69 Å². The van der Waals surface area contributed by atoms with Crippen molar-refractivity contribution in [3.8, 4) is 0 Å². The molecule has 0 unspecified atom stereocenters. The highest BCUT2D eigenvalue weighted by Crippen LogP contribution is 2.36. The largest absolute Gasteiger partial charge is 0.399 e. The van der Waals surface area contributed by atoms with E-state index in [0.717, 1.165) is 29.4 Å². The first-order chi connectivity index (χ1) is 10.2. The Balaban J connectivity index is 1.92. The normalized spacial score (nSPS) is 14.5.